The van der Waals surface area contributed by atoms with Crippen molar-refractivity contribution in [2.75, 3.05) is 7.11 Å². The van der Waals surface area contributed by atoms with Crippen LogP contribution in [0.3, 0.4) is 0 Å². The molecule has 0 spiro atoms. The second kappa shape index (κ2) is 5.21. The van der Waals surface area contributed by atoms with Gasteiger partial charge in [-0.3, -0.25) is 4.79 Å². The van der Waals surface area contributed by atoms with E-state index in [4.69, 9.17) is 4.74 Å². The first-order valence-electron chi connectivity index (χ1n) is 6.51. The van der Waals surface area contributed by atoms with Gasteiger partial charge in [0, 0.05) is 34.6 Å². The fourth-order valence-electron chi connectivity index (χ4n) is 2.42. The summed E-state index contributed by atoms with van der Waals surface area (Å²) < 4.78 is 5.29. The van der Waals surface area contributed by atoms with Crippen LogP contribution in [0.25, 0.3) is 10.9 Å². The molecular weight excluding hydrogens is 250 g/mol. The Kier molecular flexibility index (Phi) is 3.25. The summed E-state index contributed by atoms with van der Waals surface area (Å²) in [6.45, 7) is 0. The lowest BCUT2D eigenvalue weighted by atomic mass is 10.0. The number of hydrogen-bond acceptors (Lipinski definition) is 2. The second-order valence-electron chi connectivity index (χ2n) is 4.66. The summed E-state index contributed by atoms with van der Waals surface area (Å²) in [6.07, 6.45) is 2.12. The third-order valence-corrected chi connectivity index (χ3v) is 3.43. The van der Waals surface area contributed by atoms with Crippen molar-refractivity contribution in [2.45, 2.75) is 6.42 Å². The summed E-state index contributed by atoms with van der Waals surface area (Å²) >= 11 is 0. The van der Waals surface area contributed by atoms with Gasteiger partial charge in [-0.05, 0) is 12.1 Å². The number of fused-ring (bicyclic) bond motifs is 1. The SMILES string of the molecule is COc1ccccc1CC(=O)c1c[nH]c2ccccc12. The minimum Gasteiger partial charge on any atom is -0.496 e. The molecule has 2 aromatic carbocycles. The number of carbonyl (C=O) groups is 1. The van der Waals surface area contributed by atoms with Gasteiger partial charge in [-0.15, -0.1) is 0 Å². The Morgan fingerprint density at radius 3 is 2.70 bits per heavy atom. The molecule has 0 radical (unpaired) electrons. The third-order valence-electron chi connectivity index (χ3n) is 3.43. The summed E-state index contributed by atoms with van der Waals surface area (Å²) in [6, 6.07) is 15.4. The van der Waals surface area contributed by atoms with Crippen LogP contribution in [0.15, 0.2) is 54.7 Å². The molecule has 3 nitrogen and oxygen atoms in total. The van der Waals surface area contributed by atoms with Crippen molar-refractivity contribution in [1.82, 2.24) is 4.98 Å². The Morgan fingerprint density at radius 2 is 1.85 bits per heavy atom. The van der Waals surface area contributed by atoms with Gasteiger partial charge in [-0.1, -0.05) is 36.4 Å². The Hall–Kier alpha value is -2.55. The first kappa shape index (κ1) is 12.5. The lowest BCUT2D eigenvalue weighted by Gasteiger charge is -2.07. The standard InChI is InChI=1S/C17H15NO2/c1-20-17-9-5-2-6-12(17)10-16(19)14-11-18-15-8-4-3-7-13(14)15/h2-9,11,18H,10H2,1H3. The first-order chi connectivity index (χ1) is 9.79. The Labute approximate surface area is 117 Å². The highest BCUT2D eigenvalue weighted by Crippen LogP contribution is 2.23. The number of Topliss-reactive ketones (excluding diaryl/α,β-unsaturated/α-hetero) is 1. The Bertz CT molecular complexity index is 758. The molecule has 0 fully saturated rings. The fourth-order valence-corrected chi connectivity index (χ4v) is 2.42. The van der Waals surface area contributed by atoms with Crippen LogP contribution in [0.2, 0.25) is 0 Å². The molecule has 3 heteroatoms. The van der Waals surface area contributed by atoms with E-state index in [1.807, 2.05) is 48.5 Å². The number of aromatic amines is 1. The maximum Gasteiger partial charge on any atom is 0.169 e. The number of ketones is 1. The summed E-state index contributed by atoms with van der Waals surface area (Å²) in [4.78, 5) is 15.6. The van der Waals surface area contributed by atoms with Crippen molar-refractivity contribution in [3.63, 3.8) is 0 Å². The number of methoxy groups -OCH3 is 1. The number of hydrogen-bond donors (Lipinski definition) is 1. The summed E-state index contributed by atoms with van der Waals surface area (Å²) in [5.41, 5.74) is 2.62. The van der Waals surface area contributed by atoms with Crippen LogP contribution in [-0.4, -0.2) is 17.9 Å². The van der Waals surface area contributed by atoms with Crippen molar-refractivity contribution >= 4 is 16.7 Å². The van der Waals surface area contributed by atoms with E-state index in [1.54, 1.807) is 13.3 Å². The van der Waals surface area contributed by atoms with E-state index in [0.717, 1.165) is 27.8 Å². The zero-order valence-electron chi connectivity index (χ0n) is 11.2. The third kappa shape index (κ3) is 2.18. The molecule has 0 aliphatic carbocycles. The molecule has 1 heterocycles. The lowest BCUT2D eigenvalue weighted by molar-refractivity contribution is 0.0993. The molecule has 1 N–H and O–H groups in total. The van der Waals surface area contributed by atoms with Crippen LogP contribution in [0.5, 0.6) is 5.75 Å². The van der Waals surface area contributed by atoms with Crippen LogP contribution in [0.1, 0.15) is 15.9 Å². The lowest BCUT2D eigenvalue weighted by Crippen LogP contribution is -2.04. The van der Waals surface area contributed by atoms with Crippen molar-refractivity contribution in [2.24, 2.45) is 0 Å². The smallest absolute Gasteiger partial charge is 0.169 e. The molecule has 100 valence electrons. The van der Waals surface area contributed by atoms with E-state index in [0.29, 0.717) is 6.42 Å². The minimum atomic E-state index is 0.0898. The molecule has 0 bridgehead atoms. The molecule has 1 aromatic heterocycles. The molecule has 0 atom stereocenters. The molecule has 3 rings (SSSR count). The Balaban J connectivity index is 1.93. The van der Waals surface area contributed by atoms with Gasteiger partial charge in [0.15, 0.2) is 5.78 Å². The molecular formula is C17H15NO2. The number of H-pyrrole nitrogens is 1. The van der Waals surface area contributed by atoms with Crippen LogP contribution >= 0.6 is 0 Å². The van der Waals surface area contributed by atoms with Gasteiger partial charge in [0.2, 0.25) is 0 Å². The molecule has 0 aliphatic heterocycles. The number of carbonyl (C=O) groups excluding carboxylic acids is 1. The highest BCUT2D eigenvalue weighted by atomic mass is 16.5. The Morgan fingerprint density at radius 1 is 1.10 bits per heavy atom. The van der Waals surface area contributed by atoms with Gasteiger partial charge in [0.25, 0.3) is 0 Å². The van der Waals surface area contributed by atoms with Crippen molar-refractivity contribution in [3.8, 4) is 5.75 Å². The minimum absolute atomic E-state index is 0.0898. The van der Waals surface area contributed by atoms with Gasteiger partial charge in [-0.2, -0.15) is 0 Å². The van der Waals surface area contributed by atoms with Gasteiger partial charge in [0.1, 0.15) is 5.75 Å². The van der Waals surface area contributed by atoms with Crippen LogP contribution < -0.4 is 4.74 Å². The van der Waals surface area contributed by atoms with Crippen molar-refractivity contribution < 1.29 is 9.53 Å². The van der Waals surface area contributed by atoms with Gasteiger partial charge in [0.05, 0.1) is 7.11 Å². The average Bonchev–Trinajstić information content (AvgIpc) is 2.92. The molecule has 0 amide bonds. The van der Waals surface area contributed by atoms with Crippen LogP contribution in [0.4, 0.5) is 0 Å². The van der Waals surface area contributed by atoms with Crippen LogP contribution in [0, 0.1) is 0 Å². The molecule has 0 saturated carbocycles. The second-order valence-corrected chi connectivity index (χ2v) is 4.66. The normalized spacial score (nSPS) is 10.7. The van der Waals surface area contributed by atoms with Gasteiger partial charge in [-0.25, -0.2) is 0 Å². The maximum absolute atomic E-state index is 12.5. The topological polar surface area (TPSA) is 42.1 Å². The zero-order chi connectivity index (χ0) is 13.9. The number of ether oxygens (including phenoxy) is 1. The van der Waals surface area contributed by atoms with E-state index >= 15 is 0 Å². The maximum atomic E-state index is 12.5. The molecule has 0 saturated heterocycles. The largest absolute Gasteiger partial charge is 0.496 e. The van der Waals surface area contributed by atoms with E-state index in [9.17, 15) is 4.79 Å². The van der Waals surface area contributed by atoms with Gasteiger partial charge >= 0.3 is 0 Å². The summed E-state index contributed by atoms with van der Waals surface area (Å²) in [5.74, 6) is 0.840. The van der Waals surface area contributed by atoms with E-state index in [1.165, 1.54) is 0 Å². The molecule has 3 aromatic rings. The quantitative estimate of drug-likeness (QED) is 0.732. The number of para-hydroxylation sites is 2. The predicted molar refractivity (Wildman–Crippen MR) is 79.3 cm³/mol. The zero-order valence-corrected chi connectivity index (χ0v) is 11.2. The highest BCUT2D eigenvalue weighted by Gasteiger charge is 2.14. The summed E-state index contributed by atoms with van der Waals surface area (Å²) in [5, 5.41) is 0.965. The van der Waals surface area contributed by atoms with E-state index in [-0.39, 0.29) is 5.78 Å². The first-order valence-corrected chi connectivity index (χ1v) is 6.51. The number of aromatic nitrogens is 1. The van der Waals surface area contributed by atoms with Gasteiger partial charge < -0.3 is 9.72 Å². The van der Waals surface area contributed by atoms with Crippen LogP contribution in [-0.2, 0) is 6.42 Å². The monoisotopic (exact) mass is 265 g/mol. The van der Waals surface area contributed by atoms with E-state index in [2.05, 4.69) is 4.98 Å². The fraction of sp³-hybridized carbons (Fsp3) is 0.118. The number of rotatable bonds is 4. The van der Waals surface area contributed by atoms with E-state index < -0.39 is 0 Å². The summed E-state index contributed by atoms with van der Waals surface area (Å²) in [7, 11) is 1.62. The predicted octanol–water partition coefficient (Wildman–Crippen LogP) is 3.60. The highest BCUT2D eigenvalue weighted by molar-refractivity contribution is 6.08. The molecule has 20 heavy (non-hydrogen) atoms. The molecule has 0 aliphatic rings. The van der Waals surface area contributed by atoms with Crippen molar-refractivity contribution in [3.05, 3.63) is 65.9 Å². The average molecular weight is 265 g/mol. The molecule has 0 unspecified atom stereocenters. The number of benzene rings is 2. The van der Waals surface area contributed by atoms with Crippen molar-refractivity contribution in [1.29, 1.82) is 0 Å². The number of nitrogens with one attached hydrogen (secondary N) is 1.